The van der Waals surface area contributed by atoms with E-state index in [1.807, 2.05) is 25.1 Å². The second kappa shape index (κ2) is 6.08. The van der Waals surface area contributed by atoms with Crippen molar-refractivity contribution in [3.05, 3.63) is 35.4 Å². The lowest BCUT2D eigenvalue weighted by Crippen LogP contribution is -2.02. The summed E-state index contributed by atoms with van der Waals surface area (Å²) >= 11 is 7.18. The van der Waals surface area contributed by atoms with E-state index in [2.05, 4.69) is 22.1 Å². The zero-order chi connectivity index (χ0) is 13.8. The van der Waals surface area contributed by atoms with Crippen molar-refractivity contribution in [2.45, 2.75) is 12.1 Å². The standard InChI is InChI=1S/C12H13ClN4OS/c1-8-4-5-11(18-3)10(6-8)17-12(14-15-16-17)19-7-9(2)13/h4-6H,2,7H2,1,3H3. The predicted molar refractivity (Wildman–Crippen MR) is 76.2 cm³/mol. The smallest absolute Gasteiger partial charge is 0.214 e. The maximum Gasteiger partial charge on any atom is 0.214 e. The number of hydrogen-bond donors (Lipinski definition) is 0. The number of halogens is 1. The van der Waals surface area contributed by atoms with Gasteiger partial charge in [0.25, 0.3) is 0 Å². The number of ether oxygens (including phenoxy) is 1. The Morgan fingerprint density at radius 3 is 3.00 bits per heavy atom. The third-order valence-corrected chi connectivity index (χ3v) is 3.66. The Balaban J connectivity index is 2.39. The minimum atomic E-state index is 0.552. The average Bonchev–Trinajstić information content (AvgIpc) is 2.84. The second-order valence-electron chi connectivity index (χ2n) is 3.85. The first kappa shape index (κ1) is 13.9. The van der Waals surface area contributed by atoms with Crippen LogP contribution >= 0.6 is 23.4 Å². The molecule has 0 spiro atoms. The van der Waals surface area contributed by atoms with Crippen LogP contribution in [0.25, 0.3) is 5.69 Å². The second-order valence-corrected chi connectivity index (χ2v) is 5.33. The van der Waals surface area contributed by atoms with Gasteiger partial charge in [0.2, 0.25) is 5.16 Å². The monoisotopic (exact) mass is 296 g/mol. The first-order chi connectivity index (χ1) is 9.11. The summed E-state index contributed by atoms with van der Waals surface area (Å²) in [5.41, 5.74) is 1.90. The molecule has 0 radical (unpaired) electrons. The molecule has 1 heterocycles. The third-order valence-electron chi connectivity index (χ3n) is 2.36. The van der Waals surface area contributed by atoms with Gasteiger partial charge in [0, 0.05) is 10.8 Å². The van der Waals surface area contributed by atoms with Gasteiger partial charge in [-0.1, -0.05) is 36.0 Å². The normalized spacial score (nSPS) is 10.5. The lowest BCUT2D eigenvalue weighted by Gasteiger charge is -2.10. The molecule has 0 aliphatic heterocycles. The van der Waals surface area contributed by atoms with Gasteiger partial charge in [-0.25, -0.2) is 0 Å². The fourth-order valence-corrected chi connectivity index (χ4v) is 2.33. The van der Waals surface area contributed by atoms with E-state index in [1.54, 1.807) is 11.8 Å². The van der Waals surface area contributed by atoms with Crippen molar-refractivity contribution in [3.8, 4) is 11.4 Å². The molecule has 2 rings (SSSR count). The van der Waals surface area contributed by atoms with Crippen molar-refractivity contribution >= 4 is 23.4 Å². The molecule has 0 saturated heterocycles. The molecule has 0 atom stereocenters. The van der Waals surface area contributed by atoms with E-state index in [9.17, 15) is 0 Å². The molecule has 0 aliphatic carbocycles. The molecule has 0 aliphatic rings. The minimum Gasteiger partial charge on any atom is -0.494 e. The van der Waals surface area contributed by atoms with Crippen LogP contribution in [0, 0.1) is 6.92 Å². The van der Waals surface area contributed by atoms with E-state index in [0.29, 0.717) is 21.7 Å². The van der Waals surface area contributed by atoms with Crippen LogP contribution in [0.1, 0.15) is 5.56 Å². The summed E-state index contributed by atoms with van der Waals surface area (Å²) in [6.45, 7) is 5.65. The Morgan fingerprint density at radius 2 is 2.32 bits per heavy atom. The van der Waals surface area contributed by atoms with Gasteiger partial charge in [0.05, 0.1) is 7.11 Å². The Kier molecular flexibility index (Phi) is 4.44. The molecule has 0 N–H and O–H groups in total. The first-order valence-corrected chi connectivity index (χ1v) is 6.87. The van der Waals surface area contributed by atoms with Gasteiger partial charge in [-0.15, -0.1) is 5.10 Å². The van der Waals surface area contributed by atoms with Crippen molar-refractivity contribution in [2.24, 2.45) is 0 Å². The number of hydrogen-bond acceptors (Lipinski definition) is 5. The molecule has 19 heavy (non-hydrogen) atoms. The number of aryl methyl sites for hydroxylation is 1. The molecule has 0 unspecified atom stereocenters. The highest BCUT2D eigenvalue weighted by Crippen LogP contribution is 2.27. The Labute approximate surface area is 120 Å². The number of thioether (sulfide) groups is 1. The van der Waals surface area contributed by atoms with Crippen molar-refractivity contribution < 1.29 is 4.74 Å². The van der Waals surface area contributed by atoms with Crippen molar-refractivity contribution in [3.63, 3.8) is 0 Å². The van der Waals surface area contributed by atoms with Gasteiger partial charge < -0.3 is 4.74 Å². The summed E-state index contributed by atoms with van der Waals surface area (Å²) < 4.78 is 6.97. The summed E-state index contributed by atoms with van der Waals surface area (Å²) in [7, 11) is 1.62. The largest absolute Gasteiger partial charge is 0.494 e. The summed E-state index contributed by atoms with van der Waals surface area (Å²) in [4.78, 5) is 0. The van der Waals surface area contributed by atoms with Crippen LogP contribution in [0.4, 0.5) is 0 Å². The zero-order valence-corrected chi connectivity index (χ0v) is 12.2. The lowest BCUT2D eigenvalue weighted by atomic mass is 10.2. The number of nitrogens with zero attached hydrogens (tertiary/aromatic N) is 4. The number of rotatable bonds is 5. The van der Waals surface area contributed by atoms with Crippen LogP contribution < -0.4 is 4.74 Å². The number of tetrazole rings is 1. The van der Waals surface area contributed by atoms with Gasteiger partial charge in [-0.3, -0.25) is 0 Å². The molecule has 0 bridgehead atoms. The van der Waals surface area contributed by atoms with E-state index in [0.717, 1.165) is 11.3 Å². The quantitative estimate of drug-likeness (QED) is 0.794. The van der Waals surface area contributed by atoms with Gasteiger partial charge >= 0.3 is 0 Å². The molecule has 7 heteroatoms. The zero-order valence-electron chi connectivity index (χ0n) is 10.6. The number of aromatic nitrogens is 4. The summed E-state index contributed by atoms with van der Waals surface area (Å²) in [6.07, 6.45) is 0. The van der Waals surface area contributed by atoms with Crippen molar-refractivity contribution in [1.29, 1.82) is 0 Å². The highest BCUT2D eigenvalue weighted by Gasteiger charge is 2.13. The fraction of sp³-hybridized carbons (Fsp3) is 0.250. The molecular weight excluding hydrogens is 284 g/mol. The van der Waals surface area contributed by atoms with Crippen molar-refractivity contribution in [1.82, 2.24) is 20.2 Å². The third kappa shape index (κ3) is 3.27. The molecule has 0 saturated carbocycles. The van der Waals surface area contributed by atoms with Crippen LogP contribution in [0.3, 0.4) is 0 Å². The molecule has 0 fully saturated rings. The van der Waals surface area contributed by atoms with Crippen LogP contribution in [-0.2, 0) is 0 Å². The van der Waals surface area contributed by atoms with Crippen LogP contribution in [0.15, 0.2) is 35.0 Å². The van der Waals surface area contributed by atoms with Gasteiger partial charge in [0.1, 0.15) is 11.4 Å². The highest BCUT2D eigenvalue weighted by molar-refractivity contribution is 7.99. The highest BCUT2D eigenvalue weighted by atomic mass is 35.5. The first-order valence-electron chi connectivity index (χ1n) is 5.51. The number of benzene rings is 1. The molecule has 0 amide bonds. The SMILES string of the molecule is C=C(Cl)CSc1nnnn1-c1cc(C)ccc1OC. The number of methoxy groups -OCH3 is 1. The summed E-state index contributed by atoms with van der Waals surface area (Å²) in [6, 6.07) is 5.83. The van der Waals surface area contributed by atoms with Crippen LogP contribution in [-0.4, -0.2) is 33.1 Å². The van der Waals surface area contributed by atoms with Crippen LogP contribution in [0.5, 0.6) is 5.75 Å². The molecule has 1 aromatic heterocycles. The van der Waals surface area contributed by atoms with E-state index in [4.69, 9.17) is 16.3 Å². The maximum atomic E-state index is 5.76. The van der Waals surface area contributed by atoms with E-state index in [-0.39, 0.29) is 0 Å². The topological polar surface area (TPSA) is 52.8 Å². The van der Waals surface area contributed by atoms with E-state index >= 15 is 0 Å². The summed E-state index contributed by atoms with van der Waals surface area (Å²) in [5, 5.41) is 12.9. The Morgan fingerprint density at radius 1 is 1.53 bits per heavy atom. The minimum absolute atomic E-state index is 0.552. The molecule has 5 nitrogen and oxygen atoms in total. The molecule has 2 aromatic rings. The lowest BCUT2D eigenvalue weighted by molar-refractivity contribution is 0.410. The van der Waals surface area contributed by atoms with Gasteiger partial charge in [-0.05, 0) is 35.0 Å². The summed E-state index contributed by atoms with van der Waals surface area (Å²) in [5.74, 6) is 1.26. The van der Waals surface area contributed by atoms with Crippen LogP contribution in [0.2, 0.25) is 0 Å². The molecule has 100 valence electrons. The van der Waals surface area contributed by atoms with Crippen molar-refractivity contribution in [2.75, 3.05) is 12.9 Å². The molecular formula is C12H13ClN4OS. The molecule has 1 aromatic carbocycles. The fourth-order valence-electron chi connectivity index (χ4n) is 1.53. The predicted octanol–water partition coefficient (Wildman–Crippen LogP) is 2.82. The van der Waals surface area contributed by atoms with E-state index in [1.165, 1.54) is 11.8 Å². The Hall–Kier alpha value is -1.53. The van der Waals surface area contributed by atoms with Gasteiger partial charge in [0.15, 0.2) is 0 Å². The van der Waals surface area contributed by atoms with E-state index < -0.39 is 0 Å². The maximum absolute atomic E-state index is 5.76. The van der Waals surface area contributed by atoms with Gasteiger partial charge in [-0.2, -0.15) is 4.68 Å². The Bertz CT molecular complexity index is 599. The average molecular weight is 297 g/mol.